The fraction of sp³-hybridized carbons (Fsp3) is 0.632. The Morgan fingerprint density at radius 2 is 1.79 bits per heavy atom. The van der Waals surface area contributed by atoms with Crippen LogP contribution in [0, 0.1) is 0 Å². The number of benzene rings is 1. The molecule has 1 saturated heterocycles. The highest BCUT2D eigenvalue weighted by molar-refractivity contribution is 5.68. The molecule has 1 aromatic carbocycles. The van der Waals surface area contributed by atoms with Gasteiger partial charge in [0.05, 0.1) is 0 Å². The van der Waals surface area contributed by atoms with E-state index in [1.807, 2.05) is 31.7 Å². The maximum absolute atomic E-state index is 12.0. The summed E-state index contributed by atoms with van der Waals surface area (Å²) in [6.07, 6.45) is 0.936. The summed E-state index contributed by atoms with van der Waals surface area (Å²) in [4.78, 5) is 16.3. The van der Waals surface area contributed by atoms with Gasteiger partial charge in [-0.15, -0.1) is 0 Å². The zero-order valence-electron chi connectivity index (χ0n) is 15.3. The van der Waals surface area contributed by atoms with Crippen molar-refractivity contribution in [2.75, 3.05) is 39.3 Å². The smallest absolute Gasteiger partial charge is 0.410 e. The largest absolute Gasteiger partial charge is 0.444 e. The van der Waals surface area contributed by atoms with Gasteiger partial charge in [-0.2, -0.15) is 0 Å². The third kappa shape index (κ3) is 6.89. The van der Waals surface area contributed by atoms with Crippen LogP contribution in [-0.4, -0.2) is 60.8 Å². The molecule has 1 N–H and O–H groups in total. The van der Waals surface area contributed by atoms with Crippen molar-refractivity contribution in [2.45, 2.75) is 39.3 Å². The molecule has 0 spiro atoms. The minimum absolute atomic E-state index is 0.188. The number of rotatable bonds is 6. The molecule has 0 unspecified atom stereocenters. The zero-order chi connectivity index (χ0) is 17.4. The number of nitrogens with one attached hydrogen (secondary N) is 1. The molecule has 1 aliphatic heterocycles. The van der Waals surface area contributed by atoms with E-state index in [9.17, 15) is 4.79 Å². The summed E-state index contributed by atoms with van der Waals surface area (Å²) in [5, 5.41) is 3.48. The predicted molar refractivity (Wildman–Crippen MR) is 97.0 cm³/mol. The van der Waals surface area contributed by atoms with Crippen LogP contribution >= 0.6 is 0 Å². The van der Waals surface area contributed by atoms with Crippen molar-refractivity contribution in [3.63, 3.8) is 0 Å². The molecule has 0 radical (unpaired) electrons. The van der Waals surface area contributed by atoms with E-state index in [4.69, 9.17) is 4.74 Å². The quantitative estimate of drug-likeness (QED) is 0.813. The minimum atomic E-state index is -0.418. The van der Waals surface area contributed by atoms with Crippen LogP contribution in [0.3, 0.4) is 0 Å². The Labute approximate surface area is 146 Å². The number of carbonyl (C=O) groups excluding carboxylic acids is 1. The fourth-order valence-corrected chi connectivity index (χ4v) is 2.74. The van der Waals surface area contributed by atoms with Gasteiger partial charge in [-0.1, -0.05) is 30.3 Å². The second-order valence-corrected chi connectivity index (χ2v) is 7.32. The van der Waals surface area contributed by atoms with Crippen LogP contribution < -0.4 is 5.32 Å². The number of ether oxygens (including phenoxy) is 1. The first-order valence-corrected chi connectivity index (χ1v) is 8.89. The molecule has 1 aliphatic rings. The van der Waals surface area contributed by atoms with Crippen molar-refractivity contribution < 1.29 is 9.53 Å². The molecule has 24 heavy (non-hydrogen) atoms. The van der Waals surface area contributed by atoms with Gasteiger partial charge in [0.2, 0.25) is 0 Å². The molecule has 0 aromatic heterocycles. The van der Waals surface area contributed by atoms with E-state index in [-0.39, 0.29) is 6.09 Å². The number of hydrogen-bond acceptors (Lipinski definition) is 4. The monoisotopic (exact) mass is 333 g/mol. The van der Waals surface area contributed by atoms with Crippen LogP contribution in [0.1, 0.15) is 32.8 Å². The van der Waals surface area contributed by atoms with E-state index in [0.29, 0.717) is 0 Å². The van der Waals surface area contributed by atoms with Gasteiger partial charge in [0.1, 0.15) is 5.60 Å². The lowest BCUT2D eigenvalue weighted by Gasteiger charge is -2.35. The summed E-state index contributed by atoms with van der Waals surface area (Å²) in [6.45, 7) is 12.1. The Kier molecular flexibility index (Phi) is 7.06. The van der Waals surface area contributed by atoms with Crippen molar-refractivity contribution in [3.05, 3.63) is 35.9 Å². The number of amides is 1. The Hall–Kier alpha value is -1.59. The summed E-state index contributed by atoms with van der Waals surface area (Å²) in [5.41, 5.74) is 0.905. The van der Waals surface area contributed by atoms with Gasteiger partial charge in [-0.3, -0.25) is 4.90 Å². The third-order valence-corrected chi connectivity index (χ3v) is 4.02. The van der Waals surface area contributed by atoms with Crippen LogP contribution in [0.15, 0.2) is 30.3 Å². The van der Waals surface area contributed by atoms with Gasteiger partial charge in [0, 0.05) is 32.7 Å². The van der Waals surface area contributed by atoms with Gasteiger partial charge >= 0.3 is 6.09 Å². The Morgan fingerprint density at radius 1 is 1.12 bits per heavy atom. The highest BCUT2D eigenvalue weighted by Gasteiger charge is 2.25. The van der Waals surface area contributed by atoms with Gasteiger partial charge in [0.15, 0.2) is 0 Å². The molecule has 1 amide bonds. The number of piperazine rings is 1. The lowest BCUT2D eigenvalue weighted by Crippen LogP contribution is -2.50. The van der Waals surface area contributed by atoms with Crippen LogP contribution in [0.5, 0.6) is 0 Å². The van der Waals surface area contributed by atoms with Gasteiger partial charge in [-0.05, 0) is 45.8 Å². The first-order valence-electron chi connectivity index (χ1n) is 8.89. The Balaban J connectivity index is 1.56. The molecule has 0 saturated carbocycles. The maximum Gasteiger partial charge on any atom is 0.410 e. The number of carbonyl (C=O) groups is 1. The van der Waals surface area contributed by atoms with Gasteiger partial charge in [0.25, 0.3) is 0 Å². The molecule has 5 nitrogen and oxygen atoms in total. The van der Waals surface area contributed by atoms with E-state index in [2.05, 4.69) is 34.5 Å². The number of hydrogen-bond donors (Lipinski definition) is 1. The molecule has 1 heterocycles. The van der Waals surface area contributed by atoms with Crippen LogP contribution in [0.25, 0.3) is 0 Å². The summed E-state index contributed by atoms with van der Waals surface area (Å²) < 4.78 is 5.43. The normalized spacial score (nSPS) is 16.2. The van der Waals surface area contributed by atoms with E-state index in [1.165, 1.54) is 5.56 Å². The van der Waals surface area contributed by atoms with Crippen molar-refractivity contribution >= 4 is 6.09 Å². The average Bonchev–Trinajstić information content (AvgIpc) is 2.54. The second kappa shape index (κ2) is 9.04. The standard InChI is InChI=1S/C19H31N3O2/c1-19(2,3)24-18(23)22-14-12-21(13-15-22)11-7-10-20-16-17-8-5-4-6-9-17/h4-6,8-9,20H,7,10-16H2,1-3H3. The van der Waals surface area contributed by atoms with E-state index in [0.717, 1.165) is 52.2 Å². The third-order valence-electron chi connectivity index (χ3n) is 4.02. The fourth-order valence-electron chi connectivity index (χ4n) is 2.74. The molecular weight excluding hydrogens is 302 g/mol. The van der Waals surface area contributed by atoms with Crippen LogP contribution in [-0.2, 0) is 11.3 Å². The lowest BCUT2D eigenvalue weighted by atomic mass is 10.2. The van der Waals surface area contributed by atoms with Crippen LogP contribution in [0.4, 0.5) is 4.79 Å². The molecule has 1 aromatic rings. The van der Waals surface area contributed by atoms with Crippen molar-refractivity contribution in [1.29, 1.82) is 0 Å². The first kappa shape index (κ1) is 18.7. The van der Waals surface area contributed by atoms with E-state index >= 15 is 0 Å². The topological polar surface area (TPSA) is 44.8 Å². The molecule has 1 fully saturated rings. The van der Waals surface area contributed by atoms with Gasteiger partial charge < -0.3 is 15.0 Å². The Morgan fingerprint density at radius 3 is 2.42 bits per heavy atom. The van der Waals surface area contributed by atoms with Gasteiger partial charge in [-0.25, -0.2) is 4.79 Å². The second-order valence-electron chi connectivity index (χ2n) is 7.32. The number of nitrogens with zero attached hydrogens (tertiary/aromatic N) is 2. The van der Waals surface area contributed by atoms with E-state index < -0.39 is 5.60 Å². The highest BCUT2D eigenvalue weighted by atomic mass is 16.6. The summed E-state index contributed by atoms with van der Waals surface area (Å²) >= 11 is 0. The zero-order valence-corrected chi connectivity index (χ0v) is 15.3. The van der Waals surface area contributed by atoms with Crippen LogP contribution in [0.2, 0.25) is 0 Å². The van der Waals surface area contributed by atoms with Crippen molar-refractivity contribution in [1.82, 2.24) is 15.1 Å². The minimum Gasteiger partial charge on any atom is -0.444 e. The molecule has 0 bridgehead atoms. The molecule has 5 heteroatoms. The predicted octanol–water partition coefficient (Wildman–Crippen LogP) is 2.72. The first-order chi connectivity index (χ1) is 11.4. The highest BCUT2D eigenvalue weighted by Crippen LogP contribution is 2.11. The average molecular weight is 333 g/mol. The summed E-state index contributed by atoms with van der Waals surface area (Å²) in [5.74, 6) is 0. The van der Waals surface area contributed by atoms with Crippen molar-refractivity contribution in [3.8, 4) is 0 Å². The van der Waals surface area contributed by atoms with Crippen molar-refractivity contribution in [2.24, 2.45) is 0 Å². The molecular formula is C19H31N3O2. The SMILES string of the molecule is CC(C)(C)OC(=O)N1CCN(CCCNCc2ccccc2)CC1. The summed E-state index contributed by atoms with van der Waals surface area (Å²) in [6, 6.07) is 10.5. The maximum atomic E-state index is 12.0. The molecule has 2 rings (SSSR count). The molecule has 134 valence electrons. The lowest BCUT2D eigenvalue weighted by molar-refractivity contribution is 0.0144. The Bertz CT molecular complexity index is 491. The summed E-state index contributed by atoms with van der Waals surface area (Å²) in [7, 11) is 0. The molecule has 0 aliphatic carbocycles. The molecule has 0 atom stereocenters. The van der Waals surface area contributed by atoms with E-state index in [1.54, 1.807) is 0 Å².